The number of furan rings is 1. The van der Waals surface area contributed by atoms with Gasteiger partial charge in [0.15, 0.2) is 5.65 Å². The number of carbonyl (C=O) groups excluding carboxylic acids is 1. The van der Waals surface area contributed by atoms with Gasteiger partial charge in [0.2, 0.25) is 0 Å². The van der Waals surface area contributed by atoms with Crippen LogP contribution in [0, 0.1) is 13.8 Å². The van der Waals surface area contributed by atoms with Crippen molar-refractivity contribution in [2.24, 2.45) is 5.73 Å². The summed E-state index contributed by atoms with van der Waals surface area (Å²) in [6.07, 6.45) is 3.69. The summed E-state index contributed by atoms with van der Waals surface area (Å²) in [5.74, 6) is 1.62. The first-order valence-electron chi connectivity index (χ1n) is 9.87. The van der Waals surface area contributed by atoms with Gasteiger partial charge in [0.05, 0.1) is 22.8 Å². The molecule has 7 heteroatoms. The van der Waals surface area contributed by atoms with Crippen molar-refractivity contribution in [1.29, 1.82) is 0 Å². The summed E-state index contributed by atoms with van der Waals surface area (Å²) in [5, 5.41) is 5.28. The molecule has 0 aliphatic carbocycles. The summed E-state index contributed by atoms with van der Waals surface area (Å²) < 4.78 is 7.56. The van der Waals surface area contributed by atoms with Crippen LogP contribution in [0.2, 0.25) is 0 Å². The van der Waals surface area contributed by atoms with Crippen LogP contribution >= 0.6 is 0 Å². The Morgan fingerprint density at radius 1 is 1.36 bits per heavy atom. The normalized spacial score (nSPS) is 17.2. The Kier molecular flexibility index (Phi) is 4.71. The highest BCUT2D eigenvalue weighted by molar-refractivity contribution is 6.06. The lowest BCUT2D eigenvalue weighted by Gasteiger charge is -2.24. The van der Waals surface area contributed by atoms with Crippen molar-refractivity contribution in [3.63, 3.8) is 0 Å². The Hall–Kier alpha value is -2.67. The number of fused-ring (bicyclic) bond motifs is 1. The molecule has 1 fully saturated rings. The summed E-state index contributed by atoms with van der Waals surface area (Å²) in [4.78, 5) is 20.2. The molecule has 1 amide bonds. The molecule has 4 heterocycles. The number of likely N-dealkylation sites (tertiary alicyclic amines) is 1. The minimum atomic E-state index is 0.00257. The van der Waals surface area contributed by atoms with E-state index in [2.05, 4.69) is 18.9 Å². The van der Waals surface area contributed by atoms with Gasteiger partial charge >= 0.3 is 0 Å². The summed E-state index contributed by atoms with van der Waals surface area (Å²) in [6.45, 7) is 9.16. The zero-order chi connectivity index (χ0) is 20.0. The smallest absolute Gasteiger partial charge is 0.255 e. The molecule has 0 unspecified atom stereocenters. The molecule has 1 aliphatic heterocycles. The van der Waals surface area contributed by atoms with E-state index in [1.165, 1.54) is 0 Å². The predicted octanol–water partition coefficient (Wildman–Crippen LogP) is 3.45. The molecule has 3 aromatic rings. The van der Waals surface area contributed by atoms with Gasteiger partial charge in [-0.15, -0.1) is 0 Å². The van der Waals surface area contributed by atoms with Crippen molar-refractivity contribution in [1.82, 2.24) is 19.7 Å². The molecule has 3 aromatic heterocycles. The molecule has 1 aliphatic rings. The molecule has 1 saturated heterocycles. The average molecular weight is 381 g/mol. The minimum Gasteiger partial charge on any atom is -0.466 e. The maximum atomic E-state index is 13.5. The van der Waals surface area contributed by atoms with Crippen molar-refractivity contribution in [3.8, 4) is 11.3 Å². The van der Waals surface area contributed by atoms with Crippen LogP contribution < -0.4 is 5.73 Å². The van der Waals surface area contributed by atoms with E-state index in [9.17, 15) is 4.79 Å². The van der Waals surface area contributed by atoms with Gasteiger partial charge in [-0.1, -0.05) is 0 Å². The van der Waals surface area contributed by atoms with Gasteiger partial charge in [0.1, 0.15) is 11.5 Å². The van der Waals surface area contributed by atoms with Gasteiger partial charge in [-0.2, -0.15) is 5.10 Å². The van der Waals surface area contributed by atoms with E-state index < -0.39 is 0 Å². The third-order valence-corrected chi connectivity index (χ3v) is 5.51. The molecule has 2 N–H and O–H groups in total. The fraction of sp³-hybridized carbons (Fsp3) is 0.476. The number of rotatable bonds is 4. The largest absolute Gasteiger partial charge is 0.466 e. The SMILES string of the molecule is Cc1cc(-c2cc(C(=O)N3CCC[C@H]3CN)c3cnn(C(C)C)c3n2)c(C)o1. The number of carbonyl (C=O) groups is 1. The number of aromatic nitrogens is 3. The first-order valence-corrected chi connectivity index (χ1v) is 9.87. The average Bonchev–Trinajstić information content (AvgIpc) is 3.37. The summed E-state index contributed by atoms with van der Waals surface area (Å²) >= 11 is 0. The third-order valence-electron chi connectivity index (χ3n) is 5.51. The number of hydrogen-bond acceptors (Lipinski definition) is 5. The van der Waals surface area contributed by atoms with Gasteiger partial charge in [-0.25, -0.2) is 9.67 Å². The summed E-state index contributed by atoms with van der Waals surface area (Å²) in [7, 11) is 0. The molecule has 28 heavy (non-hydrogen) atoms. The molecule has 148 valence electrons. The van der Waals surface area contributed by atoms with Crippen molar-refractivity contribution in [2.75, 3.05) is 13.1 Å². The van der Waals surface area contributed by atoms with Crippen LogP contribution in [0.3, 0.4) is 0 Å². The molecule has 0 bridgehead atoms. The van der Waals surface area contributed by atoms with Gasteiger partial charge in [-0.05, 0) is 52.7 Å². The quantitative estimate of drug-likeness (QED) is 0.747. The van der Waals surface area contributed by atoms with Gasteiger partial charge in [0.25, 0.3) is 5.91 Å². The fourth-order valence-corrected chi connectivity index (χ4v) is 4.10. The van der Waals surface area contributed by atoms with E-state index in [0.29, 0.717) is 12.1 Å². The highest BCUT2D eigenvalue weighted by Crippen LogP contribution is 2.31. The van der Waals surface area contributed by atoms with Crippen LogP contribution in [-0.4, -0.2) is 44.7 Å². The van der Waals surface area contributed by atoms with Gasteiger partial charge < -0.3 is 15.1 Å². The summed E-state index contributed by atoms with van der Waals surface area (Å²) in [5.41, 5.74) is 8.89. The monoisotopic (exact) mass is 381 g/mol. The van der Waals surface area contributed by atoms with Crippen molar-refractivity contribution in [2.45, 2.75) is 52.6 Å². The standard InChI is InChI=1S/C21H27N5O2/c1-12(2)26-20-18(11-23-26)17(21(27)25-7-5-6-15(25)10-22)9-19(24-20)16-8-13(3)28-14(16)4/h8-9,11-12,15H,5-7,10,22H2,1-4H3/t15-/m0/s1. The summed E-state index contributed by atoms with van der Waals surface area (Å²) in [6, 6.07) is 4.07. The number of nitrogens with two attached hydrogens (primary N) is 1. The van der Waals surface area contributed by atoms with Crippen LogP contribution in [0.25, 0.3) is 22.3 Å². The lowest BCUT2D eigenvalue weighted by molar-refractivity contribution is 0.0743. The van der Waals surface area contributed by atoms with E-state index in [1.807, 2.05) is 35.6 Å². The van der Waals surface area contributed by atoms with Crippen LogP contribution in [-0.2, 0) is 0 Å². The Balaban J connectivity index is 1.91. The highest BCUT2D eigenvalue weighted by atomic mass is 16.3. The molecule has 4 rings (SSSR count). The van der Waals surface area contributed by atoms with Crippen LogP contribution in [0.15, 0.2) is 22.7 Å². The number of hydrogen-bond donors (Lipinski definition) is 1. The zero-order valence-electron chi connectivity index (χ0n) is 16.9. The van der Waals surface area contributed by atoms with Crippen molar-refractivity contribution < 1.29 is 9.21 Å². The fourth-order valence-electron chi connectivity index (χ4n) is 4.10. The highest BCUT2D eigenvalue weighted by Gasteiger charge is 2.30. The van der Waals surface area contributed by atoms with E-state index in [-0.39, 0.29) is 18.0 Å². The molecule has 7 nitrogen and oxygen atoms in total. The van der Waals surface area contributed by atoms with E-state index >= 15 is 0 Å². The predicted molar refractivity (Wildman–Crippen MR) is 108 cm³/mol. The molecular weight excluding hydrogens is 354 g/mol. The molecule has 0 saturated carbocycles. The Morgan fingerprint density at radius 3 is 2.79 bits per heavy atom. The van der Waals surface area contributed by atoms with Crippen molar-refractivity contribution in [3.05, 3.63) is 35.4 Å². The Morgan fingerprint density at radius 2 is 2.14 bits per heavy atom. The van der Waals surface area contributed by atoms with Crippen LogP contribution in [0.1, 0.15) is 54.6 Å². The van der Waals surface area contributed by atoms with E-state index in [1.54, 1.807) is 6.20 Å². The second-order valence-corrected chi connectivity index (χ2v) is 7.83. The number of amides is 1. The first kappa shape index (κ1) is 18.7. The lowest BCUT2D eigenvalue weighted by Crippen LogP contribution is -2.40. The maximum absolute atomic E-state index is 13.5. The first-order chi connectivity index (χ1) is 13.4. The molecule has 0 radical (unpaired) electrons. The third kappa shape index (κ3) is 2.99. The second kappa shape index (κ2) is 7.05. The molecule has 0 spiro atoms. The lowest BCUT2D eigenvalue weighted by atomic mass is 10.1. The van der Waals surface area contributed by atoms with Crippen LogP contribution in [0.5, 0.6) is 0 Å². The number of aryl methyl sites for hydroxylation is 2. The van der Waals surface area contributed by atoms with Crippen LogP contribution in [0.4, 0.5) is 0 Å². The van der Waals surface area contributed by atoms with E-state index in [4.69, 9.17) is 15.1 Å². The number of pyridine rings is 1. The van der Waals surface area contributed by atoms with Gasteiger partial charge in [-0.3, -0.25) is 4.79 Å². The molecular formula is C21H27N5O2. The van der Waals surface area contributed by atoms with Crippen molar-refractivity contribution >= 4 is 16.9 Å². The van der Waals surface area contributed by atoms with E-state index in [0.717, 1.165) is 53.2 Å². The minimum absolute atomic E-state index is 0.00257. The molecule has 0 aromatic carbocycles. The Bertz CT molecular complexity index is 1030. The second-order valence-electron chi connectivity index (χ2n) is 7.83. The van der Waals surface area contributed by atoms with Gasteiger partial charge in [0, 0.05) is 30.7 Å². The topological polar surface area (TPSA) is 90.2 Å². The molecule has 1 atom stereocenters. The maximum Gasteiger partial charge on any atom is 0.255 e. The zero-order valence-corrected chi connectivity index (χ0v) is 16.9. The number of nitrogens with zero attached hydrogens (tertiary/aromatic N) is 4. The Labute approximate surface area is 164 Å².